The number of hydrogen-bond donors (Lipinski definition) is 2. The van der Waals surface area contributed by atoms with Crippen molar-refractivity contribution in [3.8, 4) is 5.75 Å². The molecule has 27 heavy (non-hydrogen) atoms. The lowest BCUT2D eigenvalue weighted by Crippen LogP contribution is -2.26. The molecule has 2 aromatic rings. The Morgan fingerprint density at radius 3 is 2.63 bits per heavy atom. The van der Waals surface area contributed by atoms with Gasteiger partial charge in [0.05, 0.1) is 25.0 Å². The summed E-state index contributed by atoms with van der Waals surface area (Å²) in [6, 6.07) is 5.44. The van der Waals surface area contributed by atoms with Crippen LogP contribution in [0.1, 0.15) is 40.1 Å². The van der Waals surface area contributed by atoms with Gasteiger partial charge >= 0.3 is 5.97 Å². The Bertz CT molecular complexity index is 835. The Kier molecular flexibility index (Phi) is 5.81. The van der Waals surface area contributed by atoms with E-state index in [-0.39, 0.29) is 23.8 Å². The minimum atomic E-state index is -1.05. The number of ether oxygens (including phenoxy) is 2. The van der Waals surface area contributed by atoms with E-state index in [0.29, 0.717) is 24.5 Å². The number of nitrogens with one attached hydrogen (secondary N) is 1. The lowest BCUT2D eigenvalue weighted by atomic mass is 10.1. The molecule has 2 N–H and O–H groups in total. The molecule has 0 atom stereocenters. The zero-order chi connectivity index (χ0) is 19.4. The van der Waals surface area contributed by atoms with Crippen LogP contribution >= 0.6 is 0 Å². The zero-order valence-electron chi connectivity index (χ0n) is 15.4. The van der Waals surface area contributed by atoms with E-state index < -0.39 is 11.9 Å². The van der Waals surface area contributed by atoms with Crippen molar-refractivity contribution in [3.05, 3.63) is 46.9 Å². The van der Waals surface area contributed by atoms with Crippen LogP contribution in [0.4, 0.5) is 5.69 Å². The Balaban J connectivity index is 1.70. The summed E-state index contributed by atoms with van der Waals surface area (Å²) in [5.41, 5.74) is 2.38. The second kappa shape index (κ2) is 8.26. The number of carboxylic acids is 1. The number of carboxylic acid groups (broad SMARTS) is 1. The predicted octanol–water partition coefficient (Wildman–Crippen LogP) is 3.33. The lowest BCUT2D eigenvalue weighted by Gasteiger charge is -2.24. The number of amides is 1. The highest BCUT2D eigenvalue weighted by Gasteiger charge is 2.21. The smallest absolute Gasteiger partial charge is 0.311 e. The summed E-state index contributed by atoms with van der Waals surface area (Å²) < 4.78 is 16.6. The van der Waals surface area contributed by atoms with Crippen LogP contribution in [0.3, 0.4) is 0 Å². The Labute approximate surface area is 157 Å². The maximum atomic E-state index is 12.6. The van der Waals surface area contributed by atoms with Gasteiger partial charge in [-0.15, -0.1) is 0 Å². The average molecular weight is 373 g/mol. The first kappa shape index (κ1) is 19.0. The van der Waals surface area contributed by atoms with Crippen LogP contribution in [0.5, 0.6) is 5.75 Å². The number of carbonyl (C=O) groups is 2. The van der Waals surface area contributed by atoms with E-state index >= 15 is 0 Å². The van der Waals surface area contributed by atoms with Crippen LogP contribution in [0.25, 0.3) is 0 Å². The van der Waals surface area contributed by atoms with Gasteiger partial charge in [0.1, 0.15) is 24.0 Å². The summed E-state index contributed by atoms with van der Waals surface area (Å²) >= 11 is 0. The van der Waals surface area contributed by atoms with Gasteiger partial charge in [-0.05, 0) is 37.6 Å². The lowest BCUT2D eigenvalue weighted by molar-refractivity contribution is -0.136. The van der Waals surface area contributed by atoms with Crippen LogP contribution < -0.4 is 10.1 Å². The molecule has 1 aliphatic rings. The second-order valence-electron chi connectivity index (χ2n) is 6.65. The van der Waals surface area contributed by atoms with E-state index in [0.717, 1.165) is 24.2 Å². The van der Waals surface area contributed by atoms with Gasteiger partial charge in [-0.1, -0.05) is 0 Å². The predicted molar refractivity (Wildman–Crippen MR) is 98.4 cm³/mol. The van der Waals surface area contributed by atoms with Crippen molar-refractivity contribution in [2.24, 2.45) is 0 Å². The summed E-state index contributed by atoms with van der Waals surface area (Å²) in [4.78, 5) is 23.5. The molecule has 1 saturated heterocycles. The quantitative estimate of drug-likeness (QED) is 0.806. The van der Waals surface area contributed by atoms with E-state index in [1.54, 1.807) is 13.0 Å². The van der Waals surface area contributed by atoms with Crippen molar-refractivity contribution < 1.29 is 28.6 Å². The molecule has 144 valence electrons. The standard InChI is InChI=1S/C20H23NO6/c1-12-9-14(3-4-16(12)27-15-5-7-25-8-6-15)21-20(24)19-13(2)11-26-17(19)10-18(22)23/h3-4,9,11,15H,5-8,10H2,1-2H3,(H,21,24)(H,22,23). The number of furan rings is 1. The molecule has 0 saturated carbocycles. The Morgan fingerprint density at radius 1 is 1.22 bits per heavy atom. The molecule has 1 aromatic carbocycles. The molecule has 7 nitrogen and oxygen atoms in total. The molecule has 2 heterocycles. The fourth-order valence-corrected chi connectivity index (χ4v) is 3.10. The number of aryl methyl sites for hydroxylation is 2. The molecule has 1 aliphatic heterocycles. The van der Waals surface area contributed by atoms with Gasteiger partial charge in [-0.3, -0.25) is 9.59 Å². The van der Waals surface area contributed by atoms with Crippen LogP contribution in [0.15, 0.2) is 28.9 Å². The van der Waals surface area contributed by atoms with Gasteiger partial charge in [0, 0.05) is 24.1 Å². The highest BCUT2D eigenvalue weighted by atomic mass is 16.5. The number of hydrogen-bond acceptors (Lipinski definition) is 5. The summed E-state index contributed by atoms with van der Waals surface area (Å²) in [7, 11) is 0. The Hall–Kier alpha value is -2.80. The topological polar surface area (TPSA) is 98.0 Å². The molecule has 0 radical (unpaired) electrons. The first-order valence-corrected chi connectivity index (χ1v) is 8.89. The van der Waals surface area contributed by atoms with E-state index in [4.69, 9.17) is 19.0 Å². The maximum Gasteiger partial charge on any atom is 0.311 e. The molecule has 1 amide bonds. The van der Waals surface area contributed by atoms with Crippen LogP contribution in [0.2, 0.25) is 0 Å². The molecule has 1 aromatic heterocycles. The number of benzene rings is 1. The average Bonchev–Trinajstić information content (AvgIpc) is 2.98. The molecule has 7 heteroatoms. The fraction of sp³-hybridized carbons (Fsp3) is 0.400. The molecule has 0 unspecified atom stereocenters. The highest BCUT2D eigenvalue weighted by Crippen LogP contribution is 2.26. The number of anilines is 1. The normalized spacial score (nSPS) is 14.7. The van der Waals surface area contributed by atoms with Crippen molar-refractivity contribution in [2.45, 2.75) is 39.2 Å². The van der Waals surface area contributed by atoms with Gasteiger partial charge in [0.25, 0.3) is 5.91 Å². The monoisotopic (exact) mass is 373 g/mol. The Morgan fingerprint density at radius 2 is 1.96 bits per heavy atom. The molecular weight excluding hydrogens is 350 g/mol. The van der Waals surface area contributed by atoms with Crippen molar-refractivity contribution in [1.82, 2.24) is 0 Å². The summed E-state index contributed by atoms with van der Waals surface area (Å²) in [6.45, 7) is 5.05. The van der Waals surface area contributed by atoms with E-state index in [1.807, 2.05) is 19.1 Å². The van der Waals surface area contributed by atoms with Crippen molar-refractivity contribution in [1.29, 1.82) is 0 Å². The summed E-state index contributed by atoms with van der Waals surface area (Å²) in [6.07, 6.45) is 2.93. The molecular formula is C20H23NO6. The molecule has 0 aliphatic carbocycles. The van der Waals surface area contributed by atoms with Gasteiger partial charge in [-0.25, -0.2) is 0 Å². The number of carbonyl (C=O) groups excluding carboxylic acids is 1. The second-order valence-corrected chi connectivity index (χ2v) is 6.65. The molecule has 3 rings (SSSR count). The largest absolute Gasteiger partial charge is 0.490 e. The zero-order valence-corrected chi connectivity index (χ0v) is 15.4. The SMILES string of the molecule is Cc1cc(NC(=O)c2c(C)coc2CC(=O)O)ccc1OC1CCOCC1. The fourth-order valence-electron chi connectivity index (χ4n) is 3.10. The van der Waals surface area contributed by atoms with E-state index in [9.17, 15) is 9.59 Å². The molecule has 1 fully saturated rings. The summed E-state index contributed by atoms with van der Waals surface area (Å²) in [5, 5.41) is 11.8. The van der Waals surface area contributed by atoms with Crippen LogP contribution in [-0.2, 0) is 16.0 Å². The van der Waals surface area contributed by atoms with Gasteiger partial charge < -0.3 is 24.3 Å². The first-order valence-electron chi connectivity index (χ1n) is 8.89. The van der Waals surface area contributed by atoms with E-state index in [1.165, 1.54) is 6.26 Å². The van der Waals surface area contributed by atoms with Crippen LogP contribution in [0, 0.1) is 13.8 Å². The van der Waals surface area contributed by atoms with Crippen LogP contribution in [-0.4, -0.2) is 36.3 Å². The maximum absolute atomic E-state index is 12.6. The minimum Gasteiger partial charge on any atom is -0.490 e. The van der Waals surface area contributed by atoms with Crippen molar-refractivity contribution in [2.75, 3.05) is 18.5 Å². The van der Waals surface area contributed by atoms with Gasteiger partial charge in [0.2, 0.25) is 0 Å². The minimum absolute atomic E-state index is 0.144. The molecule has 0 bridgehead atoms. The summed E-state index contributed by atoms with van der Waals surface area (Å²) in [5.74, 6) is -0.515. The van der Waals surface area contributed by atoms with Crippen molar-refractivity contribution in [3.63, 3.8) is 0 Å². The third-order valence-electron chi connectivity index (χ3n) is 4.48. The van der Waals surface area contributed by atoms with Crippen molar-refractivity contribution >= 4 is 17.6 Å². The van der Waals surface area contributed by atoms with E-state index in [2.05, 4.69) is 5.32 Å². The highest BCUT2D eigenvalue weighted by molar-refractivity contribution is 6.06. The molecule has 0 spiro atoms. The van der Waals surface area contributed by atoms with Gasteiger partial charge in [0.15, 0.2) is 0 Å². The number of rotatable bonds is 6. The third-order valence-corrected chi connectivity index (χ3v) is 4.48. The van der Waals surface area contributed by atoms with Gasteiger partial charge in [-0.2, -0.15) is 0 Å². The third kappa shape index (κ3) is 4.68. The number of aliphatic carboxylic acids is 1. The first-order chi connectivity index (χ1) is 12.9.